The van der Waals surface area contributed by atoms with Gasteiger partial charge in [0.1, 0.15) is 0 Å². The van der Waals surface area contributed by atoms with Crippen molar-refractivity contribution in [2.75, 3.05) is 5.32 Å². The van der Waals surface area contributed by atoms with Crippen LogP contribution in [0.3, 0.4) is 0 Å². The molecule has 0 atom stereocenters. The van der Waals surface area contributed by atoms with E-state index in [0.29, 0.717) is 0 Å². The van der Waals surface area contributed by atoms with Gasteiger partial charge in [-0.25, -0.2) is 0 Å². The van der Waals surface area contributed by atoms with E-state index in [1.165, 1.54) is 5.56 Å². The van der Waals surface area contributed by atoms with E-state index < -0.39 is 0 Å². The minimum atomic E-state index is 0.108. The van der Waals surface area contributed by atoms with Gasteiger partial charge in [0.15, 0.2) is 5.78 Å². The van der Waals surface area contributed by atoms with Crippen LogP contribution in [0.15, 0.2) is 66.7 Å². The van der Waals surface area contributed by atoms with Gasteiger partial charge in [-0.1, -0.05) is 54.1 Å². The van der Waals surface area contributed by atoms with Gasteiger partial charge in [-0.2, -0.15) is 0 Å². The molecule has 3 aromatic carbocycles. The van der Waals surface area contributed by atoms with Gasteiger partial charge in [0.25, 0.3) is 0 Å². The molecule has 0 aliphatic heterocycles. The third-order valence-electron chi connectivity index (χ3n) is 4.35. The number of nitrogens with one attached hydrogen (secondary N) is 1. The van der Waals surface area contributed by atoms with Gasteiger partial charge in [0, 0.05) is 16.8 Å². The van der Waals surface area contributed by atoms with E-state index in [0.717, 1.165) is 40.0 Å². The van der Waals surface area contributed by atoms with Gasteiger partial charge >= 0.3 is 0 Å². The summed E-state index contributed by atoms with van der Waals surface area (Å²) in [5, 5.41) is 3.40. The largest absolute Gasteiger partial charge is 0.355 e. The zero-order valence-electron chi connectivity index (χ0n) is 13.0. The summed E-state index contributed by atoms with van der Waals surface area (Å²) in [5.41, 5.74) is 6.91. The van der Waals surface area contributed by atoms with Gasteiger partial charge < -0.3 is 5.32 Å². The lowest BCUT2D eigenvalue weighted by atomic mass is 9.84. The topological polar surface area (TPSA) is 29.1 Å². The third kappa shape index (κ3) is 2.42. The summed E-state index contributed by atoms with van der Waals surface area (Å²) in [6.45, 7) is 2.06. The Balaban J connectivity index is 1.77. The Morgan fingerprint density at radius 2 is 1.57 bits per heavy atom. The molecule has 0 heterocycles. The van der Waals surface area contributed by atoms with Gasteiger partial charge in [0.05, 0.1) is 5.69 Å². The molecule has 0 radical (unpaired) electrons. The maximum Gasteiger partial charge on any atom is 0.195 e. The van der Waals surface area contributed by atoms with E-state index in [1.807, 2.05) is 54.6 Å². The maximum absolute atomic E-state index is 12.9. The van der Waals surface area contributed by atoms with E-state index in [-0.39, 0.29) is 5.78 Å². The van der Waals surface area contributed by atoms with Gasteiger partial charge in [0.2, 0.25) is 0 Å². The van der Waals surface area contributed by atoms with Crippen molar-refractivity contribution in [1.29, 1.82) is 0 Å². The average molecular weight is 299 g/mol. The van der Waals surface area contributed by atoms with Gasteiger partial charge in [-0.3, -0.25) is 4.79 Å². The second kappa shape index (κ2) is 5.40. The van der Waals surface area contributed by atoms with Crippen molar-refractivity contribution >= 4 is 17.2 Å². The first-order chi connectivity index (χ1) is 11.2. The predicted octanol–water partition coefficient (Wildman–Crippen LogP) is 4.87. The highest BCUT2D eigenvalue weighted by Crippen LogP contribution is 2.33. The van der Waals surface area contributed by atoms with Gasteiger partial charge in [-0.05, 0) is 42.7 Å². The van der Waals surface area contributed by atoms with Crippen LogP contribution in [0.4, 0.5) is 11.4 Å². The van der Waals surface area contributed by atoms with Crippen molar-refractivity contribution < 1.29 is 4.79 Å². The van der Waals surface area contributed by atoms with Crippen LogP contribution in [-0.4, -0.2) is 5.78 Å². The van der Waals surface area contributed by atoms with E-state index in [1.54, 1.807) is 0 Å². The molecular weight excluding hydrogens is 282 g/mol. The van der Waals surface area contributed by atoms with Crippen LogP contribution in [0.25, 0.3) is 0 Å². The molecule has 4 rings (SSSR count). The molecule has 1 aliphatic carbocycles. The quantitative estimate of drug-likeness (QED) is 0.572. The minimum absolute atomic E-state index is 0.108. The smallest absolute Gasteiger partial charge is 0.195 e. The third-order valence-corrected chi connectivity index (χ3v) is 4.35. The Morgan fingerprint density at radius 1 is 0.826 bits per heavy atom. The number of hydrogen-bond donors (Lipinski definition) is 1. The number of fused-ring (bicyclic) bond motifs is 2. The van der Waals surface area contributed by atoms with Crippen LogP contribution >= 0.6 is 0 Å². The lowest BCUT2D eigenvalue weighted by Gasteiger charge is -2.21. The highest BCUT2D eigenvalue weighted by Gasteiger charge is 2.25. The second-order valence-corrected chi connectivity index (χ2v) is 5.99. The number of anilines is 2. The maximum atomic E-state index is 12.9. The fraction of sp³-hybridized carbons (Fsp3) is 0.0952. The highest BCUT2D eigenvalue weighted by atomic mass is 16.1. The number of carbonyl (C=O) groups is 1. The van der Waals surface area contributed by atoms with Crippen LogP contribution in [-0.2, 0) is 6.42 Å². The zero-order valence-corrected chi connectivity index (χ0v) is 13.0. The molecule has 2 nitrogen and oxygen atoms in total. The first kappa shape index (κ1) is 13.8. The van der Waals surface area contributed by atoms with Crippen molar-refractivity contribution in [3.05, 3.63) is 94.5 Å². The Kier molecular flexibility index (Phi) is 3.23. The molecule has 1 N–H and O–H groups in total. The molecule has 0 aromatic heterocycles. The Morgan fingerprint density at radius 3 is 2.39 bits per heavy atom. The first-order valence-corrected chi connectivity index (χ1v) is 7.80. The number of aryl methyl sites for hydroxylation is 1. The molecule has 0 saturated heterocycles. The minimum Gasteiger partial charge on any atom is -0.355 e. The summed E-state index contributed by atoms with van der Waals surface area (Å²) in [5.74, 6) is 0.108. The molecule has 0 bridgehead atoms. The van der Waals surface area contributed by atoms with Crippen molar-refractivity contribution in [3.63, 3.8) is 0 Å². The zero-order chi connectivity index (χ0) is 15.8. The molecule has 0 spiro atoms. The van der Waals surface area contributed by atoms with Crippen LogP contribution in [0.1, 0.15) is 32.6 Å². The molecule has 0 saturated carbocycles. The molecule has 0 fully saturated rings. The molecule has 0 amide bonds. The number of hydrogen-bond acceptors (Lipinski definition) is 2. The predicted molar refractivity (Wildman–Crippen MR) is 93.6 cm³/mol. The molecular formula is C21H17NO. The molecule has 2 heteroatoms. The van der Waals surface area contributed by atoms with Crippen LogP contribution < -0.4 is 5.32 Å². The van der Waals surface area contributed by atoms with Gasteiger partial charge in [-0.15, -0.1) is 0 Å². The number of carbonyl (C=O) groups excluding carboxylic acids is 1. The van der Waals surface area contributed by atoms with Crippen LogP contribution in [0.5, 0.6) is 0 Å². The summed E-state index contributed by atoms with van der Waals surface area (Å²) in [7, 11) is 0. The van der Waals surface area contributed by atoms with Crippen molar-refractivity contribution in [2.24, 2.45) is 0 Å². The monoisotopic (exact) mass is 299 g/mol. The van der Waals surface area contributed by atoms with Crippen LogP contribution in [0.2, 0.25) is 0 Å². The second-order valence-electron chi connectivity index (χ2n) is 5.99. The summed E-state index contributed by atoms with van der Waals surface area (Å²) >= 11 is 0. The highest BCUT2D eigenvalue weighted by molar-refractivity contribution is 6.15. The fourth-order valence-electron chi connectivity index (χ4n) is 3.15. The first-order valence-electron chi connectivity index (χ1n) is 7.80. The lowest BCUT2D eigenvalue weighted by molar-refractivity contribution is 0.103. The molecule has 112 valence electrons. The van der Waals surface area contributed by atoms with Crippen molar-refractivity contribution in [1.82, 2.24) is 0 Å². The summed E-state index contributed by atoms with van der Waals surface area (Å²) in [6, 6.07) is 22.1. The Bertz CT molecular complexity index is 894. The van der Waals surface area contributed by atoms with Crippen molar-refractivity contribution in [2.45, 2.75) is 13.3 Å². The average Bonchev–Trinajstić information content (AvgIpc) is 2.57. The molecule has 23 heavy (non-hydrogen) atoms. The normalized spacial score (nSPS) is 12.5. The number of ketones is 1. The summed E-state index contributed by atoms with van der Waals surface area (Å²) in [6.07, 6.45) is 0.806. The van der Waals surface area contributed by atoms with E-state index in [9.17, 15) is 4.79 Å². The van der Waals surface area contributed by atoms with Crippen LogP contribution in [0, 0.1) is 6.92 Å². The Hall–Kier alpha value is -2.87. The summed E-state index contributed by atoms with van der Waals surface area (Å²) in [4.78, 5) is 12.9. The SMILES string of the molecule is Cc1ccc(Nc2cccc3c2C(=O)c2ccccc2C3)cc1. The Labute approximate surface area is 135 Å². The van der Waals surface area contributed by atoms with E-state index >= 15 is 0 Å². The van der Waals surface area contributed by atoms with E-state index in [4.69, 9.17) is 0 Å². The summed E-state index contributed by atoms with van der Waals surface area (Å²) < 4.78 is 0. The fourth-order valence-corrected chi connectivity index (χ4v) is 3.15. The standard InChI is InChI=1S/C21H17NO/c1-14-9-11-17(12-10-14)22-19-8-4-6-16-13-15-5-2-3-7-18(15)21(23)20(16)19/h2-12,22H,13H2,1H3. The molecule has 0 unspecified atom stereocenters. The van der Waals surface area contributed by atoms with E-state index in [2.05, 4.69) is 24.4 Å². The number of rotatable bonds is 2. The molecule has 3 aromatic rings. The molecule has 1 aliphatic rings. The lowest BCUT2D eigenvalue weighted by Crippen LogP contribution is -2.16. The number of benzene rings is 3. The van der Waals surface area contributed by atoms with Crippen molar-refractivity contribution in [3.8, 4) is 0 Å².